The molecule has 0 unspecified atom stereocenters. The Balaban J connectivity index is 1.32. The van der Waals surface area contributed by atoms with Crippen LogP contribution < -0.4 is 16.2 Å². The number of aromatic carboxylic acids is 1. The summed E-state index contributed by atoms with van der Waals surface area (Å²) in [5.74, 6) is -5.38. The Labute approximate surface area is 417 Å². The van der Waals surface area contributed by atoms with Crippen molar-refractivity contribution in [2.75, 3.05) is 60.5 Å². The van der Waals surface area contributed by atoms with E-state index in [0.29, 0.717) is 43.4 Å². The smallest absolute Gasteiger partial charge is 0.341 e. The summed E-state index contributed by atoms with van der Waals surface area (Å²) in [6.45, 7) is 15.1. The number of aryl methyl sites for hydroxylation is 1. The molecular weight excluding hydrogens is 925 g/mol. The first kappa shape index (κ1) is 58.3. The Hall–Kier alpha value is -3.64. The molecule has 0 radical (unpaired) electrons. The quantitative estimate of drug-likeness (QED) is 0.0927. The molecular formula is C51H82N4O16. The van der Waals surface area contributed by atoms with Crippen LogP contribution in [0.25, 0.3) is 10.9 Å². The third kappa shape index (κ3) is 13.4. The summed E-state index contributed by atoms with van der Waals surface area (Å²) in [6.07, 6.45) is -6.63. The van der Waals surface area contributed by atoms with Crippen molar-refractivity contribution in [3.8, 4) is 0 Å². The molecule has 0 aliphatic carbocycles. The van der Waals surface area contributed by atoms with Gasteiger partial charge in [0.25, 0.3) is 0 Å². The molecule has 17 atom stereocenters. The molecule has 0 saturated carbocycles. The lowest BCUT2D eigenvalue weighted by Gasteiger charge is -2.48. The van der Waals surface area contributed by atoms with Crippen molar-refractivity contribution in [2.24, 2.45) is 17.8 Å². The molecule has 1 aromatic carbocycles. The second kappa shape index (κ2) is 25.1. The number of aromatic nitrogens is 1. The normalized spacial score (nSPS) is 36.7. The summed E-state index contributed by atoms with van der Waals surface area (Å²) in [6, 6.07) is 5.15. The Morgan fingerprint density at radius 3 is 2.31 bits per heavy atom. The van der Waals surface area contributed by atoms with Crippen LogP contribution in [0.5, 0.6) is 0 Å². The monoisotopic (exact) mass is 1010 g/mol. The van der Waals surface area contributed by atoms with Gasteiger partial charge in [0.2, 0.25) is 5.43 Å². The number of carboxylic acids is 1. The van der Waals surface area contributed by atoms with E-state index in [2.05, 4.69) is 10.7 Å². The van der Waals surface area contributed by atoms with Gasteiger partial charge in [-0.05, 0) is 105 Å². The number of rotatable bonds is 18. The Bertz CT molecular complexity index is 2160. The first-order valence-electron chi connectivity index (χ1n) is 25.0. The molecule has 402 valence electrons. The highest BCUT2D eigenvalue weighted by Gasteiger charge is 2.54. The molecule has 6 N–H and O–H groups in total. The summed E-state index contributed by atoms with van der Waals surface area (Å²) >= 11 is 0. The number of hydrogen-bond donors (Lipinski definition) is 6. The molecule has 0 spiro atoms. The van der Waals surface area contributed by atoms with E-state index in [1.54, 1.807) is 54.0 Å². The highest BCUT2D eigenvalue weighted by Crippen LogP contribution is 2.41. The van der Waals surface area contributed by atoms with Crippen LogP contribution in [0, 0.1) is 17.8 Å². The number of carboxylic acid groups (broad SMARTS) is 1. The van der Waals surface area contributed by atoms with E-state index >= 15 is 0 Å². The highest BCUT2D eigenvalue weighted by molar-refractivity contribution is 5.93. The minimum Gasteiger partial charge on any atom is -0.477 e. The van der Waals surface area contributed by atoms with Crippen molar-refractivity contribution in [1.82, 2.24) is 14.9 Å². The third-order valence-electron chi connectivity index (χ3n) is 15.0. The number of ketones is 1. The number of cyclic esters (lactones) is 1. The summed E-state index contributed by atoms with van der Waals surface area (Å²) in [7, 11) is 8.45. The lowest BCUT2D eigenvalue weighted by Crippen LogP contribution is -2.60. The number of fused-ring (bicyclic) bond motifs is 1. The van der Waals surface area contributed by atoms with Crippen molar-refractivity contribution in [1.29, 1.82) is 0 Å². The third-order valence-corrected chi connectivity index (χ3v) is 15.0. The largest absolute Gasteiger partial charge is 0.477 e. The number of carbonyl (C=O) groups is 3. The molecule has 4 heterocycles. The molecule has 2 aromatic rings. The predicted molar refractivity (Wildman–Crippen MR) is 263 cm³/mol. The van der Waals surface area contributed by atoms with Gasteiger partial charge in [-0.3, -0.25) is 19.1 Å². The van der Waals surface area contributed by atoms with Crippen LogP contribution in [0.4, 0.5) is 0 Å². The Morgan fingerprint density at radius 2 is 1.69 bits per heavy atom. The first-order valence-corrected chi connectivity index (χ1v) is 25.0. The van der Waals surface area contributed by atoms with Crippen LogP contribution in [0.15, 0.2) is 29.2 Å². The number of aliphatic hydroxyl groups excluding tert-OH is 2. The van der Waals surface area contributed by atoms with E-state index < -0.39 is 114 Å². The van der Waals surface area contributed by atoms with E-state index in [4.69, 9.17) is 37.9 Å². The molecule has 1 aromatic heterocycles. The van der Waals surface area contributed by atoms with Gasteiger partial charge in [0.1, 0.15) is 35.6 Å². The number of ether oxygens (including phenoxy) is 8. The Kier molecular flexibility index (Phi) is 20.6. The lowest BCUT2D eigenvalue weighted by molar-refractivity contribution is -0.314. The lowest BCUT2D eigenvalue weighted by atomic mass is 9.75. The van der Waals surface area contributed by atoms with Crippen LogP contribution in [0.2, 0.25) is 0 Å². The molecule has 20 heteroatoms. The van der Waals surface area contributed by atoms with Gasteiger partial charge < -0.3 is 74.0 Å². The van der Waals surface area contributed by atoms with Crippen LogP contribution in [-0.2, 0) is 53.9 Å². The van der Waals surface area contributed by atoms with E-state index in [0.717, 1.165) is 12.0 Å². The zero-order valence-corrected chi connectivity index (χ0v) is 43.9. The minimum atomic E-state index is -2.14. The number of methoxy groups -OCH3 is 2. The van der Waals surface area contributed by atoms with Gasteiger partial charge in [0.05, 0.1) is 54.2 Å². The zero-order chi connectivity index (χ0) is 52.7. The minimum absolute atomic E-state index is 0.00505. The maximum atomic E-state index is 14.4. The van der Waals surface area contributed by atoms with Gasteiger partial charge in [0.15, 0.2) is 18.4 Å². The molecule has 0 bridgehead atoms. The molecule has 3 aliphatic rings. The number of Topliss-reactive ketones (excluding diaryl/α,β-unsaturated/α-hetero) is 1. The molecule has 71 heavy (non-hydrogen) atoms. The van der Waals surface area contributed by atoms with Gasteiger partial charge in [-0.15, -0.1) is 0 Å². The maximum absolute atomic E-state index is 14.4. The topological polar surface area (TPSA) is 255 Å². The van der Waals surface area contributed by atoms with Crippen LogP contribution in [0.3, 0.4) is 0 Å². The van der Waals surface area contributed by atoms with Crippen molar-refractivity contribution < 1.29 is 72.7 Å². The second-order valence-corrected chi connectivity index (χ2v) is 20.5. The molecule has 5 rings (SSSR count). The molecule has 3 saturated heterocycles. The molecule has 20 nitrogen and oxygen atoms in total. The van der Waals surface area contributed by atoms with Crippen LogP contribution in [-0.4, -0.2) is 188 Å². The van der Waals surface area contributed by atoms with Crippen LogP contribution in [0.1, 0.15) is 103 Å². The number of carbonyl (C=O) groups excluding carboxylic acids is 2. The number of nitrogens with one attached hydrogen (secondary N) is 2. The van der Waals surface area contributed by atoms with Gasteiger partial charge in [-0.2, -0.15) is 0 Å². The average Bonchev–Trinajstić information content (AvgIpc) is 3.33. The van der Waals surface area contributed by atoms with Crippen LogP contribution >= 0.6 is 0 Å². The fourth-order valence-electron chi connectivity index (χ4n) is 10.7. The van der Waals surface area contributed by atoms with Crippen molar-refractivity contribution in [3.63, 3.8) is 0 Å². The first-order chi connectivity index (χ1) is 33.4. The summed E-state index contributed by atoms with van der Waals surface area (Å²) in [5.41, 5.74) is 0.0751. The summed E-state index contributed by atoms with van der Waals surface area (Å²) in [4.78, 5) is 54.9. The number of aliphatic hydroxyl groups is 3. The van der Waals surface area contributed by atoms with Gasteiger partial charge in [-0.1, -0.05) is 26.8 Å². The molecule has 0 amide bonds. The zero-order valence-electron chi connectivity index (χ0n) is 43.9. The Morgan fingerprint density at radius 1 is 0.986 bits per heavy atom. The second-order valence-electron chi connectivity index (χ2n) is 20.5. The standard InChI is InChI=1S/C51H82N4O16/c1-14-38-51(8,63)45(59)40(56)27(2)25-50(7,65-13)46(71-49-42(58)36(54(10)11)22-28(3)67-49)29(4)43(30(5)48(62)69-38)70-39-24-37(64-12)44(31(6)68-39)66-21-20-53-19-15-16-32-17-18-35-33(23-32)41(57)34(47(60)61)26-55(35)52-9/h17-18,23,26-31,36-39,42-46,49,52-53,58-59,63H,14-16,19-22,24-25H2,1-13H3,(H,60,61)/t27-,28-,29+,30-,31+,36+,37-,38-,39+,42-,43+,44+,45-,46-,49+,50-,51-/m1/s1. The number of hydrogen-bond acceptors (Lipinski definition) is 18. The number of benzene rings is 1. The summed E-state index contributed by atoms with van der Waals surface area (Å²) < 4.78 is 52.6. The van der Waals surface area contributed by atoms with Gasteiger partial charge >= 0.3 is 11.9 Å². The summed E-state index contributed by atoms with van der Waals surface area (Å²) in [5, 5.41) is 48.1. The van der Waals surface area contributed by atoms with E-state index in [1.807, 2.05) is 45.8 Å². The van der Waals surface area contributed by atoms with E-state index in [-0.39, 0.29) is 37.0 Å². The number of likely N-dealkylation sites (N-methyl/N-ethyl adjacent to an activating group) is 1. The van der Waals surface area contributed by atoms with E-state index in [1.165, 1.54) is 24.9 Å². The van der Waals surface area contributed by atoms with Gasteiger partial charge in [-0.25, -0.2) is 4.79 Å². The maximum Gasteiger partial charge on any atom is 0.341 e. The van der Waals surface area contributed by atoms with E-state index in [9.17, 15) is 39.6 Å². The molecule has 3 aliphatic heterocycles. The fourth-order valence-corrected chi connectivity index (χ4v) is 10.7. The number of esters is 1. The average molecular weight is 1010 g/mol. The number of pyridine rings is 1. The van der Waals surface area contributed by atoms with Crippen molar-refractivity contribution in [2.45, 2.75) is 179 Å². The highest BCUT2D eigenvalue weighted by atomic mass is 16.7. The SMILES string of the molecule is CC[C@H]1OC(=O)[C@H](C)[C@@H](O[C@H]2C[C@@H](OC)[C@@H](OCCNCCCc3ccc4c(c3)c(=O)c(C(=O)O)cn4NC)[C@H](C)O2)[C@H](C)[C@@H](O[C@@H]2O[C@H](C)C[C@H](N(C)C)[C@H]2O)[C@](C)(OC)C[C@@H](C)C(=O)[C@@H](O)[C@]1(C)O. The van der Waals surface area contributed by atoms with Crippen molar-refractivity contribution in [3.05, 3.63) is 45.7 Å². The van der Waals surface area contributed by atoms with Crippen molar-refractivity contribution >= 4 is 28.6 Å². The fraction of sp³-hybridized carbons (Fsp3) is 0.765. The number of nitrogens with zero attached hydrogens (tertiary/aromatic N) is 2. The van der Waals surface area contributed by atoms with Gasteiger partial charge in [0, 0.05) is 63.7 Å². The predicted octanol–water partition coefficient (Wildman–Crippen LogP) is 2.85. The molecule has 3 fully saturated rings.